The van der Waals surface area contributed by atoms with Crippen LogP contribution in [0.3, 0.4) is 0 Å². The summed E-state index contributed by atoms with van der Waals surface area (Å²) >= 11 is 0. The molecule has 1 aliphatic rings. The fraction of sp³-hybridized carbons (Fsp3) is 0.412. The Kier molecular flexibility index (Phi) is 4.91. The number of nitrogens with zero attached hydrogens (tertiary/aromatic N) is 1. The molecule has 0 atom stereocenters. The van der Waals surface area contributed by atoms with Crippen molar-refractivity contribution < 1.29 is 17.6 Å². The number of carbonyl (C=O) groups excluding carboxylic acids is 1. The Morgan fingerprint density at radius 2 is 1.96 bits per heavy atom. The second-order valence-corrected chi connectivity index (χ2v) is 8.53. The molecular weight excluding hydrogens is 342 g/mol. The maximum absolute atomic E-state index is 12.6. The van der Waals surface area contributed by atoms with E-state index in [2.05, 4.69) is 15.6 Å². The summed E-state index contributed by atoms with van der Waals surface area (Å²) in [6.45, 7) is 1.13. The first-order valence-corrected chi connectivity index (χ1v) is 10.00. The lowest BCUT2D eigenvalue weighted by Crippen LogP contribution is -2.57. The standard InChI is InChI=1S/C17H21N3O4S/c1-25(22,23)17(7-9-18-10-8-17)16(21)19-11-14-12-24-15(20-14)13-5-3-2-4-6-13/h2-6,12,18H,7-11H2,1H3,(H,19,21). The average Bonchev–Trinajstić information content (AvgIpc) is 3.09. The predicted molar refractivity (Wildman–Crippen MR) is 93.5 cm³/mol. The average molecular weight is 363 g/mol. The number of aromatic nitrogens is 1. The molecule has 3 rings (SSSR count). The minimum absolute atomic E-state index is 0.125. The van der Waals surface area contributed by atoms with E-state index in [1.165, 1.54) is 6.26 Å². The summed E-state index contributed by atoms with van der Waals surface area (Å²) in [7, 11) is -3.52. The smallest absolute Gasteiger partial charge is 0.241 e. The number of rotatable bonds is 5. The number of nitrogens with one attached hydrogen (secondary N) is 2. The molecule has 0 spiro atoms. The maximum Gasteiger partial charge on any atom is 0.241 e. The van der Waals surface area contributed by atoms with E-state index >= 15 is 0 Å². The van der Waals surface area contributed by atoms with Crippen molar-refractivity contribution in [2.24, 2.45) is 0 Å². The Morgan fingerprint density at radius 3 is 2.60 bits per heavy atom. The highest BCUT2D eigenvalue weighted by Gasteiger charge is 2.48. The van der Waals surface area contributed by atoms with Crippen LogP contribution in [0.4, 0.5) is 0 Å². The summed E-state index contributed by atoms with van der Waals surface area (Å²) in [5.74, 6) is -0.00898. The van der Waals surface area contributed by atoms with Crippen molar-refractivity contribution in [1.29, 1.82) is 0 Å². The van der Waals surface area contributed by atoms with E-state index in [9.17, 15) is 13.2 Å². The van der Waals surface area contributed by atoms with Gasteiger partial charge in [-0.1, -0.05) is 18.2 Å². The molecule has 1 saturated heterocycles. The predicted octanol–water partition coefficient (Wildman–Crippen LogP) is 1.12. The summed E-state index contributed by atoms with van der Waals surface area (Å²) in [5, 5.41) is 5.80. The molecule has 0 bridgehead atoms. The highest BCUT2D eigenvalue weighted by Crippen LogP contribution is 2.28. The molecule has 2 N–H and O–H groups in total. The number of amides is 1. The molecule has 7 nitrogen and oxygen atoms in total. The van der Waals surface area contributed by atoms with Crippen LogP contribution in [0, 0.1) is 0 Å². The highest BCUT2D eigenvalue weighted by atomic mass is 32.2. The lowest BCUT2D eigenvalue weighted by atomic mass is 9.96. The van der Waals surface area contributed by atoms with Crippen molar-refractivity contribution in [3.63, 3.8) is 0 Å². The molecule has 2 heterocycles. The van der Waals surface area contributed by atoms with Gasteiger partial charge in [0.25, 0.3) is 0 Å². The van der Waals surface area contributed by atoms with Crippen molar-refractivity contribution in [2.75, 3.05) is 19.3 Å². The van der Waals surface area contributed by atoms with Gasteiger partial charge >= 0.3 is 0 Å². The number of sulfone groups is 1. The summed E-state index contributed by atoms with van der Waals surface area (Å²) in [6, 6.07) is 9.42. The first-order chi connectivity index (χ1) is 11.9. The van der Waals surface area contributed by atoms with E-state index in [-0.39, 0.29) is 19.4 Å². The molecule has 0 unspecified atom stereocenters. The van der Waals surface area contributed by atoms with Gasteiger partial charge in [0.15, 0.2) is 14.6 Å². The zero-order chi connectivity index (χ0) is 17.9. The topological polar surface area (TPSA) is 101 Å². The maximum atomic E-state index is 12.6. The SMILES string of the molecule is CS(=O)(=O)C1(C(=O)NCc2coc(-c3ccccc3)n2)CCNCC1. The Bertz CT molecular complexity index is 840. The molecule has 1 aliphatic heterocycles. The Labute approximate surface area is 146 Å². The molecule has 1 amide bonds. The van der Waals surface area contributed by atoms with Crippen LogP contribution < -0.4 is 10.6 Å². The molecule has 1 fully saturated rings. The van der Waals surface area contributed by atoms with Crippen LogP contribution in [0.15, 0.2) is 41.0 Å². The van der Waals surface area contributed by atoms with Gasteiger partial charge in [-0.25, -0.2) is 13.4 Å². The number of piperidine rings is 1. The third-order valence-electron chi connectivity index (χ3n) is 4.54. The van der Waals surface area contributed by atoms with Gasteiger partial charge in [0.1, 0.15) is 6.26 Å². The monoisotopic (exact) mass is 363 g/mol. The fourth-order valence-electron chi connectivity index (χ4n) is 3.03. The van der Waals surface area contributed by atoms with E-state index in [0.717, 1.165) is 11.8 Å². The van der Waals surface area contributed by atoms with E-state index < -0.39 is 20.5 Å². The van der Waals surface area contributed by atoms with Crippen molar-refractivity contribution in [3.05, 3.63) is 42.3 Å². The molecule has 0 aliphatic carbocycles. The number of hydrogen-bond donors (Lipinski definition) is 2. The van der Waals surface area contributed by atoms with E-state index in [0.29, 0.717) is 24.7 Å². The molecule has 1 aromatic heterocycles. The lowest BCUT2D eigenvalue weighted by Gasteiger charge is -2.34. The Hall–Kier alpha value is -2.19. The third kappa shape index (κ3) is 3.59. The summed E-state index contributed by atoms with van der Waals surface area (Å²) in [5.41, 5.74) is 1.39. The number of oxazole rings is 1. The second kappa shape index (κ2) is 6.97. The van der Waals surface area contributed by atoms with Crippen molar-refractivity contribution >= 4 is 15.7 Å². The second-order valence-electron chi connectivity index (χ2n) is 6.21. The number of carbonyl (C=O) groups is 1. The van der Waals surface area contributed by atoms with Crippen LogP contribution in [0.2, 0.25) is 0 Å². The minimum atomic E-state index is -3.52. The van der Waals surface area contributed by atoms with Gasteiger partial charge in [0, 0.05) is 11.8 Å². The third-order valence-corrected chi connectivity index (χ3v) is 6.55. The molecular formula is C17H21N3O4S. The van der Waals surface area contributed by atoms with Crippen molar-refractivity contribution in [1.82, 2.24) is 15.6 Å². The molecule has 0 saturated carbocycles. The molecule has 8 heteroatoms. The molecule has 0 radical (unpaired) electrons. The van der Waals surface area contributed by atoms with Gasteiger partial charge in [-0.3, -0.25) is 4.79 Å². The van der Waals surface area contributed by atoms with E-state index in [1.807, 2.05) is 30.3 Å². The normalized spacial score (nSPS) is 17.2. The molecule has 1 aromatic carbocycles. The number of hydrogen-bond acceptors (Lipinski definition) is 6. The van der Waals surface area contributed by atoms with Gasteiger partial charge < -0.3 is 15.1 Å². The van der Waals surface area contributed by atoms with Crippen LogP contribution in [-0.4, -0.2) is 43.4 Å². The summed E-state index contributed by atoms with van der Waals surface area (Å²) < 4.78 is 28.5. The molecule has 134 valence electrons. The van der Waals surface area contributed by atoms with E-state index in [4.69, 9.17) is 4.42 Å². The van der Waals surface area contributed by atoms with E-state index in [1.54, 1.807) is 0 Å². The van der Waals surface area contributed by atoms with Gasteiger partial charge in [-0.15, -0.1) is 0 Å². The van der Waals surface area contributed by atoms with Crippen LogP contribution in [0.1, 0.15) is 18.5 Å². The number of benzene rings is 1. The fourth-order valence-corrected chi connectivity index (χ4v) is 4.38. The van der Waals surface area contributed by atoms with Crippen molar-refractivity contribution in [3.8, 4) is 11.5 Å². The zero-order valence-corrected chi connectivity index (χ0v) is 14.8. The van der Waals surface area contributed by atoms with Crippen LogP contribution >= 0.6 is 0 Å². The molecule has 25 heavy (non-hydrogen) atoms. The van der Waals surface area contributed by atoms with Crippen LogP contribution in [-0.2, 0) is 21.2 Å². The Morgan fingerprint density at radius 1 is 1.28 bits per heavy atom. The van der Waals surface area contributed by atoms with Gasteiger partial charge in [-0.05, 0) is 38.1 Å². The first kappa shape index (κ1) is 17.6. The van der Waals surface area contributed by atoms with Gasteiger partial charge in [0.05, 0.1) is 12.2 Å². The first-order valence-electron chi connectivity index (χ1n) is 8.11. The highest BCUT2D eigenvalue weighted by molar-refractivity contribution is 7.92. The van der Waals surface area contributed by atoms with Gasteiger partial charge in [0.2, 0.25) is 11.8 Å². The largest absolute Gasteiger partial charge is 0.444 e. The summed E-state index contributed by atoms with van der Waals surface area (Å²) in [4.78, 5) is 17.0. The quantitative estimate of drug-likeness (QED) is 0.826. The molecule has 2 aromatic rings. The van der Waals surface area contributed by atoms with Crippen molar-refractivity contribution in [2.45, 2.75) is 24.1 Å². The van der Waals surface area contributed by atoms with Gasteiger partial charge in [-0.2, -0.15) is 0 Å². The minimum Gasteiger partial charge on any atom is -0.444 e. The van der Waals surface area contributed by atoms with Crippen LogP contribution in [0.5, 0.6) is 0 Å². The Balaban J connectivity index is 1.71. The van der Waals surface area contributed by atoms with Crippen LogP contribution in [0.25, 0.3) is 11.5 Å². The lowest BCUT2D eigenvalue weighted by molar-refractivity contribution is -0.124. The zero-order valence-electron chi connectivity index (χ0n) is 14.0. The summed E-state index contributed by atoms with van der Waals surface area (Å²) in [6.07, 6.45) is 3.14.